The van der Waals surface area contributed by atoms with E-state index in [0.717, 1.165) is 6.42 Å². The Kier molecular flexibility index (Phi) is 2.74. The summed E-state index contributed by atoms with van der Waals surface area (Å²) in [7, 11) is 0. The van der Waals surface area contributed by atoms with Crippen LogP contribution in [0.5, 0.6) is 5.95 Å². The molecule has 0 aliphatic carbocycles. The van der Waals surface area contributed by atoms with Crippen molar-refractivity contribution >= 4 is 5.97 Å². The fourth-order valence-corrected chi connectivity index (χ4v) is 0.715. The van der Waals surface area contributed by atoms with Crippen molar-refractivity contribution in [2.24, 2.45) is 0 Å². The lowest BCUT2D eigenvalue weighted by Gasteiger charge is -1.97. The second-order valence-corrected chi connectivity index (χ2v) is 2.27. The highest BCUT2D eigenvalue weighted by atomic mass is 16.6. The summed E-state index contributed by atoms with van der Waals surface area (Å²) in [5.74, 6) is -0.920. The van der Waals surface area contributed by atoms with Crippen molar-refractivity contribution in [3.63, 3.8) is 0 Å². The zero-order valence-electron chi connectivity index (χ0n) is 6.74. The van der Waals surface area contributed by atoms with Crippen molar-refractivity contribution < 1.29 is 19.1 Å². The molecule has 0 saturated carbocycles. The Balaban J connectivity index is 2.58. The number of ether oxygens (including phenoxy) is 1. The van der Waals surface area contributed by atoms with Gasteiger partial charge in [-0.25, -0.2) is 4.79 Å². The van der Waals surface area contributed by atoms with Crippen LogP contribution in [0.15, 0.2) is 16.5 Å². The van der Waals surface area contributed by atoms with E-state index >= 15 is 0 Å². The van der Waals surface area contributed by atoms with Crippen molar-refractivity contribution in [2.75, 3.05) is 6.61 Å². The van der Waals surface area contributed by atoms with Gasteiger partial charge in [0.25, 0.3) is 5.95 Å². The molecule has 1 aromatic rings. The molecule has 4 nitrogen and oxygen atoms in total. The molecule has 66 valence electrons. The predicted molar refractivity (Wildman–Crippen MR) is 41.5 cm³/mol. The lowest BCUT2D eigenvalue weighted by atomic mass is 10.5. The molecule has 0 unspecified atom stereocenters. The van der Waals surface area contributed by atoms with Crippen molar-refractivity contribution in [3.05, 3.63) is 17.9 Å². The Labute approximate surface area is 69.8 Å². The van der Waals surface area contributed by atoms with Crippen LogP contribution in [-0.4, -0.2) is 17.7 Å². The second kappa shape index (κ2) is 3.80. The molecule has 0 aliphatic rings. The summed E-state index contributed by atoms with van der Waals surface area (Å²) >= 11 is 0. The molecule has 0 aromatic carbocycles. The fraction of sp³-hybridized carbons (Fsp3) is 0.375. The summed E-state index contributed by atoms with van der Waals surface area (Å²) < 4.78 is 9.88. The van der Waals surface area contributed by atoms with E-state index in [1.54, 1.807) is 0 Å². The third-order valence-corrected chi connectivity index (χ3v) is 1.24. The van der Waals surface area contributed by atoms with Gasteiger partial charge in [0.05, 0.1) is 6.61 Å². The van der Waals surface area contributed by atoms with E-state index in [4.69, 9.17) is 14.3 Å². The minimum atomic E-state index is -1.08. The lowest BCUT2D eigenvalue weighted by molar-refractivity contribution is 0.0653. The molecule has 0 atom stereocenters. The molecule has 0 spiro atoms. The quantitative estimate of drug-likeness (QED) is 0.748. The van der Waals surface area contributed by atoms with Gasteiger partial charge in [0.1, 0.15) is 0 Å². The molecular formula is C8H10O4. The Hall–Kier alpha value is -1.45. The van der Waals surface area contributed by atoms with Gasteiger partial charge < -0.3 is 14.3 Å². The first kappa shape index (κ1) is 8.64. The van der Waals surface area contributed by atoms with Gasteiger partial charge in [0, 0.05) is 6.07 Å². The summed E-state index contributed by atoms with van der Waals surface area (Å²) in [6.07, 6.45) is 0.864. The topological polar surface area (TPSA) is 59.7 Å². The van der Waals surface area contributed by atoms with E-state index in [1.807, 2.05) is 6.92 Å². The van der Waals surface area contributed by atoms with Gasteiger partial charge >= 0.3 is 5.97 Å². The first-order valence-corrected chi connectivity index (χ1v) is 3.70. The average molecular weight is 170 g/mol. The summed E-state index contributed by atoms with van der Waals surface area (Å²) in [6.45, 7) is 2.49. The first-order chi connectivity index (χ1) is 5.74. The van der Waals surface area contributed by atoms with Crippen LogP contribution in [0.3, 0.4) is 0 Å². The third-order valence-electron chi connectivity index (χ3n) is 1.24. The highest BCUT2D eigenvalue weighted by Crippen LogP contribution is 2.15. The molecule has 4 heteroatoms. The molecule has 0 amide bonds. The number of carboxylic acids is 1. The SMILES string of the molecule is CCCOc1ccc(C(=O)O)o1. The number of aromatic carboxylic acids is 1. The van der Waals surface area contributed by atoms with Crippen molar-refractivity contribution in [1.29, 1.82) is 0 Å². The molecule has 12 heavy (non-hydrogen) atoms. The predicted octanol–water partition coefficient (Wildman–Crippen LogP) is 1.77. The van der Waals surface area contributed by atoms with E-state index in [2.05, 4.69) is 0 Å². The van der Waals surface area contributed by atoms with Crippen LogP contribution in [-0.2, 0) is 0 Å². The van der Waals surface area contributed by atoms with E-state index in [9.17, 15) is 4.79 Å². The normalized spacial score (nSPS) is 9.75. The average Bonchev–Trinajstić information content (AvgIpc) is 2.48. The number of furan rings is 1. The number of rotatable bonds is 4. The monoisotopic (exact) mass is 170 g/mol. The number of carbonyl (C=O) groups is 1. The van der Waals surface area contributed by atoms with Gasteiger partial charge in [-0.15, -0.1) is 0 Å². The van der Waals surface area contributed by atoms with E-state index in [-0.39, 0.29) is 11.7 Å². The molecule has 0 fully saturated rings. The van der Waals surface area contributed by atoms with Crippen molar-refractivity contribution in [1.82, 2.24) is 0 Å². The second-order valence-electron chi connectivity index (χ2n) is 2.27. The minimum Gasteiger partial charge on any atom is -0.475 e. The highest BCUT2D eigenvalue weighted by Gasteiger charge is 2.08. The molecule has 1 N–H and O–H groups in total. The molecule has 0 bridgehead atoms. The van der Waals surface area contributed by atoms with Gasteiger partial charge in [-0.3, -0.25) is 0 Å². The maximum Gasteiger partial charge on any atom is 0.371 e. The summed E-state index contributed by atoms with van der Waals surface area (Å²) in [4.78, 5) is 10.3. The zero-order chi connectivity index (χ0) is 8.97. The maximum absolute atomic E-state index is 10.3. The largest absolute Gasteiger partial charge is 0.475 e. The van der Waals surface area contributed by atoms with Crippen LogP contribution in [0.2, 0.25) is 0 Å². The first-order valence-electron chi connectivity index (χ1n) is 3.70. The van der Waals surface area contributed by atoms with Gasteiger partial charge in [-0.1, -0.05) is 6.92 Å². The molecular weight excluding hydrogens is 160 g/mol. The van der Waals surface area contributed by atoms with Crippen LogP contribution >= 0.6 is 0 Å². The number of hydrogen-bond donors (Lipinski definition) is 1. The van der Waals surface area contributed by atoms with Crippen LogP contribution < -0.4 is 4.74 Å². The molecule has 0 aliphatic heterocycles. The van der Waals surface area contributed by atoms with Gasteiger partial charge in [0.15, 0.2) is 0 Å². The third kappa shape index (κ3) is 2.02. The summed E-state index contributed by atoms with van der Waals surface area (Å²) in [6, 6.07) is 2.87. The van der Waals surface area contributed by atoms with Crippen molar-refractivity contribution in [3.8, 4) is 5.95 Å². The summed E-state index contributed by atoms with van der Waals surface area (Å²) in [5.41, 5.74) is 0. The zero-order valence-corrected chi connectivity index (χ0v) is 6.74. The molecule has 1 heterocycles. The van der Waals surface area contributed by atoms with Gasteiger partial charge in [-0.2, -0.15) is 0 Å². The lowest BCUT2D eigenvalue weighted by Crippen LogP contribution is -1.94. The minimum absolute atomic E-state index is 0.0962. The maximum atomic E-state index is 10.3. The van der Waals surface area contributed by atoms with Crippen LogP contribution in [0, 0.1) is 0 Å². The van der Waals surface area contributed by atoms with Gasteiger partial charge in [0.2, 0.25) is 5.76 Å². The van der Waals surface area contributed by atoms with E-state index in [0.29, 0.717) is 6.61 Å². The molecule has 1 rings (SSSR count). The molecule has 0 saturated heterocycles. The van der Waals surface area contributed by atoms with Crippen molar-refractivity contribution in [2.45, 2.75) is 13.3 Å². The summed E-state index contributed by atoms with van der Waals surface area (Å²) in [5, 5.41) is 8.47. The Bertz CT molecular complexity index is 264. The van der Waals surface area contributed by atoms with Crippen LogP contribution in [0.1, 0.15) is 23.9 Å². The number of hydrogen-bond acceptors (Lipinski definition) is 3. The van der Waals surface area contributed by atoms with E-state index < -0.39 is 5.97 Å². The standard InChI is InChI=1S/C8H10O4/c1-2-5-11-7-4-3-6(12-7)8(9)10/h3-4H,2,5H2,1H3,(H,9,10). The molecule has 0 radical (unpaired) electrons. The van der Waals surface area contributed by atoms with Crippen LogP contribution in [0.25, 0.3) is 0 Å². The Morgan fingerprint density at radius 2 is 2.42 bits per heavy atom. The van der Waals surface area contributed by atoms with Gasteiger partial charge in [-0.05, 0) is 12.5 Å². The highest BCUT2D eigenvalue weighted by molar-refractivity contribution is 5.84. The Morgan fingerprint density at radius 3 is 2.92 bits per heavy atom. The van der Waals surface area contributed by atoms with Crippen LogP contribution in [0.4, 0.5) is 0 Å². The fourth-order valence-electron chi connectivity index (χ4n) is 0.715. The number of carboxylic acid groups (broad SMARTS) is 1. The molecule has 1 aromatic heterocycles. The Morgan fingerprint density at radius 1 is 1.67 bits per heavy atom. The smallest absolute Gasteiger partial charge is 0.371 e. The van der Waals surface area contributed by atoms with E-state index in [1.165, 1.54) is 12.1 Å².